The topological polar surface area (TPSA) is 93.0 Å². The zero-order valence-electron chi connectivity index (χ0n) is 15.9. The summed E-state index contributed by atoms with van der Waals surface area (Å²) in [4.78, 5) is 26.9. The number of nitrogens with one attached hydrogen (secondary N) is 1. The van der Waals surface area contributed by atoms with Crippen LogP contribution in [0.25, 0.3) is 5.69 Å². The molecule has 150 valence electrons. The minimum absolute atomic E-state index is 0.0749. The summed E-state index contributed by atoms with van der Waals surface area (Å²) >= 11 is 1.29. The highest BCUT2D eigenvalue weighted by Crippen LogP contribution is 2.20. The van der Waals surface area contributed by atoms with E-state index in [1.165, 1.54) is 11.3 Å². The standard InChI is InChI=1S/C20H22N6O2S/c27-18(9-8-15-11-22-26(12-15)17-6-2-1-3-7-17)25-10-4-5-16(13-25)19(28)23-20-24-21-14-29-20/h1-3,6-7,11-12,14,16H,4-5,8-10,13H2,(H,23,24,28)/t16-/m0/s1. The molecular formula is C20H22N6O2S. The molecule has 1 atom stereocenters. The van der Waals surface area contributed by atoms with Gasteiger partial charge >= 0.3 is 0 Å². The molecule has 0 unspecified atom stereocenters. The molecule has 1 fully saturated rings. The Morgan fingerprint density at radius 2 is 2.10 bits per heavy atom. The first-order valence-electron chi connectivity index (χ1n) is 9.63. The molecule has 1 aromatic carbocycles. The fourth-order valence-electron chi connectivity index (χ4n) is 3.47. The third-order valence-corrected chi connectivity index (χ3v) is 5.63. The first-order valence-corrected chi connectivity index (χ1v) is 10.5. The average Bonchev–Trinajstić information content (AvgIpc) is 3.45. The van der Waals surface area contributed by atoms with Crippen molar-refractivity contribution in [2.45, 2.75) is 25.7 Å². The molecule has 0 saturated carbocycles. The van der Waals surface area contributed by atoms with Crippen molar-refractivity contribution in [3.63, 3.8) is 0 Å². The smallest absolute Gasteiger partial charge is 0.231 e. The second kappa shape index (κ2) is 8.95. The van der Waals surface area contributed by atoms with Crippen molar-refractivity contribution in [1.82, 2.24) is 24.9 Å². The van der Waals surface area contributed by atoms with Crippen LogP contribution in [0.5, 0.6) is 0 Å². The van der Waals surface area contributed by atoms with Gasteiger partial charge < -0.3 is 10.2 Å². The lowest BCUT2D eigenvalue weighted by Gasteiger charge is -2.32. The van der Waals surface area contributed by atoms with E-state index in [9.17, 15) is 9.59 Å². The summed E-state index contributed by atoms with van der Waals surface area (Å²) in [5, 5.41) is 15.2. The highest BCUT2D eigenvalue weighted by atomic mass is 32.1. The Bertz CT molecular complexity index is 957. The molecule has 4 rings (SSSR count). The predicted octanol–water partition coefficient (Wildman–Crippen LogP) is 2.53. The third kappa shape index (κ3) is 4.86. The van der Waals surface area contributed by atoms with Crippen LogP contribution in [-0.2, 0) is 16.0 Å². The summed E-state index contributed by atoms with van der Waals surface area (Å²) in [6, 6.07) is 9.88. The van der Waals surface area contributed by atoms with Crippen LogP contribution < -0.4 is 5.32 Å². The van der Waals surface area contributed by atoms with E-state index in [1.54, 1.807) is 16.6 Å². The van der Waals surface area contributed by atoms with E-state index in [2.05, 4.69) is 20.6 Å². The van der Waals surface area contributed by atoms with E-state index in [1.807, 2.05) is 41.2 Å². The largest absolute Gasteiger partial charge is 0.342 e. The second-order valence-electron chi connectivity index (χ2n) is 7.04. The number of benzene rings is 1. The summed E-state index contributed by atoms with van der Waals surface area (Å²) in [5.41, 5.74) is 3.59. The number of carbonyl (C=O) groups excluding carboxylic acids is 2. The Labute approximate surface area is 172 Å². The van der Waals surface area contributed by atoms with Crippen molar-refractivity contribution in [2.24, 2.45) is 5.92 Å². The summed E-state index contributed by atoms with van der Waals surface area (Å²) < 4.78 is 1.81. The number of anilines is 1. The summed E-state index contributed by atoms with van der Waals surface area (Å²) in [6.45, 7) is 1.15. The minimum Gasteiger partial charge on any atom is -0.342 e. The van der Waals surface area contributed by atoms with Crippen LogP contribution in [0.15, 0.2) is 48.2 Å². The fraction of sp³-hybridized carbons (Fsp3) is 0.350. The molecule has 9 heteroatoms. The van der Waals surface area contributed by atoms with Gasteiger partial charge in [-0.3, -0.25) is 9.59 Å². The Morgan fingerprint density at radius 3 is 2.90 bits per heavy atom. The van der Waals surface area contributed by atoms with Gasteiger partial charge in [-0.05, 0) is 37.0 Å². The van der Waals surface area contributed by atoms with Gasteiger partial charge in [0.1, 0.15) is 5.51 Å². The lowest BCUT2D eigenvalue weighted by molar-refractivity contribution is -0.134. The molecule has 1 N–H and O–H groups in total. The number of nitrogens with zero attached hydrogens (tertiary/aromatic N) is 5. The number of para-hydroxylation sites is 1. The molecule has 1 aliphatic heterocycles. The van der Waals surface area contributed by atoms with Crippen molar-refractivity contribution < 1.29 is 9.59 Å². The Morgan fingerprint density at radius 1 is 1.24 bits per heavy atom. The van der Waals surface area contributed by atoms with E-state index in [0.29, 0.717) is 31.1 Å². The summed E-state index contributed by atoms with van der Waals surface area (Å²) in [6.07, 6.45) is 6.39. The predicted molar refractivity (Wildman–Crippen MR) is 110 cm³/mol. The Kier molecular flexibility index (Phi) is 5.95. The summed E-state index contributed by atoms with van der Waals surface area (Å²) in [5.74, 6) is -0.230. The highest BCUT2D eigenvalue weighted by Gasteiger charge is 2.28. The van der Waals surface area contributed by atoms with Crippen LogP contribution in [-0.4, -0.2) is 49.8 Å². The Balaban J connectivity index is 1.29. The van der Waals surface area contributed by atoms with Crippen LogP contribution in [0, 0.1) is 5.92 Å². The van der Waals surface area contributed by atoms with Crippen molar-refractivity contribution in [2.75, 3.05) is 18.4 Å². The van der Waals surface area contributed by atoms with Gasteiger partial charge in [-0.1, -0.05) is 29.5 Å². The number of aryl methyl sites for hydroxylation is 1. The van der Waals surface area contributed by atoms with E-state index in [0.717, 1.165) is 24.1 Å². The number of aromatic nitrogens is 4. The van der Waals surface area contributed by atoms with Crippen LogP contribution in [0.3, 0.4) is 0 Å². The number of hydrogen-bond acceptors (Lipinski definition) is 6. The molecule has 8 nitrogen and oxygen atoms in total. The molecule has 1 saturated heterocycles. The second-order valence-corrected chi connectivity index (χ2v) is 7.87. The lowest BCUT2D eigenvalue weighted by Crippen LogP contribution is -2.43. The van der Waals surface area contributed by atoms with E-state index < -0.39 is 0 Å². The lowest BCUT2D eigenvalue weighted by atomic mass is 9.96. The minimum atomic E-state index is -0.211. The first-order chi connectivity index (χ1) is 14.2. The molecule has 1 aliphatic rings. The summed E-state index contributed by atoms with van der Waals surface area (Å²) in [7, 11) is 0. The van der Waals surface area contributed by atoms with Crippen LogP contribution in [0.4, 0.5) is 5.13 Å². The van der Waals surface area contributed by atoms with Gasteiger partial charge in [-0.25, -0.2) is 4.68 Å². The first kappa shape index (κ1) is 19.3. The van der Waals surface area contributed by atoms with Crippen LogP contribution >= 0.6 is 11.3 Å². The van der Waals surface area contributed by atoms with Gasteiger partial charge in [0.25, 0.3) is 0 Å². The number of carbonyl (C=O) groups is 2. The third-order valence-electron chi connectivity index (χ3n) is 5.02. The van der Waals surface area contributed by atoms with Gasteiger partial charge in [0.2, 0.25) is 16.9 Å². The molecule has 0 aliphatic carbocycles. The van der Waals surface area contributed by atoms with Gasteiger partial charge in [0, 0.05) is 25.7 Å². The molecule has 3 aromatic rings. The molecule has 0 spiro atoms. The number of amides is 2. The van der Waals surface area contributed by atoms with E-state index in [4.69, 9.17) is 0 Å². The number of piperidine rings is 1. The maximum Gasteiger partial charge on any atom is 0.231 e. The zero-order chi connectivity index (χ0) is 20.1. The highest BCUT2D eigenvalue weighted by molar-refractivity contribution is 7.13. The van der Waals surface area contributed by atoms with Crippen molar-refractivity contribution in [3.8, 4) is 5.69 Å². The van der Waals surface area contributed by atoms with Crippen LogP contribution in [0.2, 0.25) is 0 Å². The van der Waals surface area contributed by atoms with Gasteiger partial charge in [0.15, 0.2) is 0 Å². The molecular weight excluding hydrogens is 388 g/mol. The number of rotatable bonds is 6. The van der Waals surface area contributed by atoms with E-state index in [-0.39, 0.29) is 17.7 Å². The fourth-order valence-corrected chi connectivity index (χ4v) is 3.92. The zero-order valence-corrected chi connectivity index (χ0v) is 16.7. The number of hydrogen-bond donors (Lipinski definition) is 1. The van der Waals surface area contributed by atoms with Crippen molar-refractivity contribution >= 4 is 28.3 Å². The Hall–Kier alpha value is -3.07. The SMILES string of the molecule is O=C(Nc1nncs1)[C@H]1CCCN(C(=O)CCc2cnn(-c3ccccc3)c2)C1. The molecule has 3 heterocycles. The maximum atomic E-state index is 12.7. The molecule has 29 heavy (non-hydrogen) atoms. The number of likely N-dealkylation sites (tertiary alicyclic amines) is 1. The molecule has 0 radical (unpaired) electrons. The van der Waals surface area contributed by atoms with Crippen molar-refractivity contribution in [1.29, 1.82) is 0 Å². The normalized spacial score (nSPS) is 16.6. The van der Waals surface area contributed by atoms with Crippen LogP contribution in [0.1, 0.15) is 24.8 Å². The molecule has 2 aromatic heterocycles. The molecule has 2 amide bonds. The monoisotopic (exact) mass is 410 g/mol. The van der Waals surface area contributed by atoms with Gasteiger partial charge in [-0.15, -0.1) is 10.2 Å². The quantitative estimate of drug-likeness (QED) is 0.674. The maximum absolute atomic E-state index is 12.7. The van der Waals surface area contributed by atoms with Gasteiger partial charge in [0.05, 0.1) is 17.8 Å². The van der Waals surface area contributed by atoms with Gasteiger partial charge in [-0.2, -0.15) is 5.10 Å². The van der Waals surface area contributed by atoms with E-state index >= 15 is 0 Å². The average molecular weight is 411 g/mol. The van der Waals surface area contributed by atoms with Crippen molar-refractivity contribution in [3.05, 3.63) is 53.8 Å². The molecule has 0 bridgehead atoms.